The summed E-state index contributed by atoms with van der Waals surface area (Å²) in [6, 6.07) is 9.80. The van der Waals surface area contributed by atoms with Crippen LogP contribution in [0.5, 0.6) is 11.5 Å². The molecule has 3 nitrogen and oxygen atoms in total. The van der Waals surface area contributed by atoms with Gasteiger partial charge in [-0.05, 0) is 36.2 Å². The van der Waals surface area contributed by atoms with E-state index < -0.39 is 0 Å². The molecule has 0 amide bonds. The maximum absolute atomic E-state index is 13.4. The molecule has 0 fully saturated rings. The molecule has 1 atom stereocenters. The predicted octanol–water partition coefficient (Wildman–Crippen LogP) is 3.85. The van der Waals surface area contributed by atoms with Gasteiger partial charge in [-0.2, -0.15) is 0 Å². The van der Waals surface area contributed by atoms with Crippen molar-refractivity contribution in [1.82, 2.24) is 0 Å². The third-order valence-corrected chi connectivity index (χ3v) is 4.05. The van der Waals surface area contributed by atoms with Crippen molar-refractivity contribution < 1.29 is 13.9 Å². The zero-order chi connectivity index (χ0) is 15.4. The van der Waals surface area contributed by atoms with Crippen LogP contribution in [0.25, 0.3) is 0 Å². The first-order valence-corrected chi connectivity index (χ1v) is 7.26. The minimum atomic E-state index is -0.326. The van der Waals surface area contributed by atoms with Crippen LogP contribution in [0.4, 0.5) is 4.39 Å². The van der Waals surface area contributed by atoms with E-state index in [-0.39, 0.29) is 11.9 Å². The average Bonchev–Trinajstić information content (AvgIpc) is 2.49. The van der Waals surface area contributed by atoms with Crippen molar-refractivity contribution in [3.8, 4) is 11.5 Å². The molecule has 0 aliphatic carbocycles. The largest absolute Gasteiger partial charge is 0.493 e. The number of methoxy groups -OCH3 is 2. The summed E-state index contributed by atoms with van der Waals surface area (Å²) in [5.41, 5.74) is 7.91. The molecular formula is C16H17BrFNO2. The molecule has 0 saturated carbocycles. The highest BCUT2D eigenvalue weighted by Gasteiger charge is 2.17. The number of nitrogens with two attached hydrogens (primary N) is 1. The van der Waals surface area contributed by atoms with E-state index >= 15 is 0 Å². The summed E-state index contributed by atoms with van der Waals surface area (Å²) in [6.45, 7) is 0. The molecule has 1 unspecified atom stereocenters. The number of para-hydroxylation sites is 1. The van der Waals surface area contributed by atoms with Crippen LogP contribution in [0, 0.1) is 5.82 Å². The molecule has 0 aliphatic rings. The Hall–Kier alpha value is -1.59. The zero-order valence-corrected chi connectivity index (χ0v) is 13.5. The molecule has 2 aromatic carbocycles. The third kappa shape index (κ3) is 3.54. The highest BCUT2D eigenvalue weighted by atomic mass is 79.9. The third-order valence-electron chi connectivity index (χ3n) is 3.28. The number of halogens is 2. The van der Waals surface area contributed by atoms with Gasteiger partial charge in [0, 0.05) is 16.1 Å². The van der Waals surface area contributed by atoms with Crippen molar-refractivity contribution >= 4 is 15.9 Å². The van der Waals surface area contributed by atoms with Gasteiger partial charge in [-0.3, -0.25) is 0 Å². The lowest BCUT2D eigenvalue weighted by Gasteiger charge is -2.18. The summed E-state index contributed by atoms with van der Waals surface area (Å²) in [5.74, 6) is 0.960. The predicted molar refractivity (Wildman–Crippen MR) is 84.3 cm³/mol. The minimum absolute atomic E-state index is 0.280. The van der Waals surface area contributed by atoms with Crippen LogP contribution in [-0.2, 0) is 6.42 Å². The van der Waals surface area contributed by atoms with Crippen molar-refractivity contribution in [2.75, 3.05) is 14.2 Å². The fourth-order valence-electron chi connectivity index (χ4n) is 2.25. The molecule has 0 aromatic heterocycles. The fraction of sp³-hybridized carbons (Fsp3) is 0.250. The number of ether oxygens (including phenoxy) is 2. The second-order valence-corrected chi connectivity index (χ2v) is 5.48. The molecule has 0 radical (unpaired) electrons. The van der Waals surface area contributed by atoms with E-state index in [1.807, 2.05) is 18.2 Å². The van der Waals surface area contributed by atoms with Crippen molar-refractivity contribution in [1.29, 1.82) is 0 Å². The molecule has 0 saturated heterocycles. The standard InChI is InChI=1S/C16H17BrFNO2/c1-20-15-5-3-4-12(16(15)21-2)14(19)9-10-8-11(18)6-7-13(10)17/h3-8,14H,9,19H2,1-2H3. The number of rotatable bonds is 5. The van der Waals surface area contributed by atoms with Gasteiger partial charge < -0.3 is 15.2 Å². The first-order valence-electron chi connectivity index (χ1n) is 6.47. The second-order valence-electron chi connectivity index (χ2n) is 4.63. The quantitative estimate of drug-likeness (QED) is 0.887. The first kappa shape index (κ1) is 15.8. The smallest absolute Gasteiger partial charge is 0.165 e. The van der Waals surface area contributed by atoms with E-state index in [1.54, 1.807) is 20.3 Å². The highest BCUT2D eigenvalue weighted by molar-refractivity contribution is 9.10. The second kappa shape index (κ2) is 6.91. The molecule has 21 heavy (non-hydrogen) atoms. The van der Waals surface area contributed by atoms with Gasteiger partial charge in [-0.25, -0.2) is 4.39 Å². The van der Waals surface area contributed by atoms with Crippen LogP contribution in [0.2, 0.25) is 0 Å². The van der Waals surface area contributed by atoms with Crippen LogP contribution in [-0.4, -0.2) is 14.2 Å². The number of benzene rings is 2. The van der Waals surface area contributed by atoms with Gasteiger partial charge in [0.05, 0.1) is 14.2 Å². The molecule has 2 N–H and O–H groups in total. The van der Waals surface area contributed by atoms with Gasteiger partial charge >= 0.3 is 0 Å². The van der Waals surface area contributed by atoms with E-state index in [1.165, 1.54) is 12.1 Å². The van der Waals surface area contributed by atoms with Crippen LogP contribution in [0.15, 0.2) is 40.9 Å². The molecule has 0 aliphatic heterocycles. The Balaban J connectivity index is 2.32. The molecule has 2 aromatic rings. The van der Waals surface area contributed by atoms with E-state index in [0.29, 0.717) is 17.9 Å². The van der Waals surface area contributed by atoms with Crippen LogP contribution >= 0.6 is 15.9 Å². The molecule has 5 heteroatoms. The van der Waals surface area contributed by atoms with Gasteiger partial charge in [0.25, 0.3) is 0 Å². The Morgan fingerprint density at radius 3 is 2.62 bits per heavy atom. The zero-order valence-electron chi connectivity index (χ0n) is 11.9. The fourth-order valence-corrected chi connectivity index (χ4v) is 2.66. The lowest BCUT2D eigenvalue weighted by atomic mass is 9.98. The summed E-state index contributed by atoms with van der Waals surface area (Å²) in [7, 11) is 3.16. The molecule has 0 heterocycles. The number of hydrogen-bond acceptors (Lipinski definition) is 3. The molecule has 0 spiro atoms. The van der Waals surface area contributed by atoms with Crippen molar-refractivity contribution in [3.63, 3.8) is 0 Å². The summed E-state index contributed by atoms with van der Waals surface area (Å²) in [4.78, 5) is 0. The Morgan fingerprint density at radius 1 is 1.19 bits per heavy atom. The first-order chi connectivity index (χ1) is 10.1. The monoisotopic (exact) mass is 353 g/mol. The van der Waals surface area contributed by atoms with E-state index in [9.17, 15) is 4.39 Å². The summed E-state index contributed by atoms with van der Waals surface area (Å²) in [5, 5.41) is 0. The van der Waals surface area contributed by atoms with Gasteiger partial charge in [0.2, 0.25) is 0 Å². The normalized spacial score (nSPS) is 12.0. The van der Waals surface area contributed by atoms with Crippen molar-refractivity contribution in [3.05, 3.63) is 57.8 Å². The van der Waals surface area contributed by atoms with E-state index in [2.05, 4.69) is 15.9 Å². The summed E-state index contributed by atoms with van der Waals surface area (Å²) < 4.78 is 24.9. The van der Waals surface area contributed by atoms with Crippen LogP contribution < -0.4 is 15.2 Å². The SMILES string of the molecule is COc1cccc(C(N)Cc2cc(F)ccc2Br)c1OC. The Morgan fingerprint density at radius 2 is 1.95 bits per heavy atom. The maximum Gasteiger partial charge on any atom is 0.165 e. The van der Waals surface area contributed by atoms with E-state index in [4.69, 9.17) is 15.2 Å². The van der Waals surface area contributed by atoms with Crippen molar-refractivity contribution in [2.45, 2.75) is 12.5 Å². The highest BCUT2D eigenvalue weighted by Crippen LogP contribution is 2.35. The van der Waals surface area contributed by atoms with Crippen molar-refractivity contribution in [2.24, 2.45) is 5.73 Å². The van der Waals surface area contributed by atoms with Crippen LogP contribution in [0.3, 0.4) is 0 Å². The van der Waals surface area contributed by atoms with Gasteiger partial charge in [0.1, 0.15) is 5.82 Å². The van der Waals surface area contributed by atoms with E-state index in [0.717, 1.165) is 15.6 Å². The Labute approximate surface area is 132 Å². The lowest BCUT2D eigenvalue weighted by Crippen LogP contribution is -2.15. The van der Waals surface area contributed by atoms with Gasteiger partial charge in [-0.1, -0.05) is 28.1 Å². The minimum Gasteiger partial charge on any atom is -0.493 e. The summed E-state index contributed by atoms with van der Waals surface area (Å²) >= 11 is 3.42. The molecule has 112 valence electrons. The molecular weight excluding hydrogens is 337 g/mol. The maximum atomic E-state index is 13.4. The van der Waals surface area contributed by atoms with Crippen LogP contribution in [0.1, 0.15) is 17.2 Å². The average molecular weight is 354 g/mol. The molecule has 0 bridgehead atoms. The van der Waals surface area contributed by atoms with Gasteiger partial charge in [0.15, 0.2) is 11.5 Å². The Bertz CT molecular complexity index is 634. The topological polar surface area (TPSA) is 44.5 Å². The summed E-state index contributed by atoms with van der Waals surface area (Å²) in [6.07, 6.45) is 0.488. The number of hydrogen-bond donors (Lipinski definition) is 1. The lowest BCUT2D eigenvalue weighted by molar-refractivity contribution is 0.349. The van der Waals surface area contributed by atoms with Gasteiger partial charge in [-0.15, -0.1) is 0 Å². The molecule has 2 rings (SSSR count). The Kier molecular flexibility index (Phi) is 5.20.